The molecule has 0 radical (unpaired) electrons. The van der Waals surface area contributed by atoms with Crippen LogP contribution in [0.2, 0.25) is 0 Å². The molecule has 7 heteroatoms. The molecule has 3 aromatic rings. The van der Waals surface area contributed by atoms with Crippen LogP contribution >= 0.6 is 15.9 Å². The molecule has 1 N–H and O–H groups in total. The zero-order valence-corrected chi connectivity index (χ0v) is 15.2. The van der Waals surface area contributed by atoms with E-state index >= 15 is 0 Å². The van der Waals surface area contributed by atoms with E-state index in [-0.39, 0.29) is 10.7 Å². The van der Waals surface area contributed by atoms with Crippen LogP contribution in [0.3, 0.4) is 0 Å². The van der Waals surface area contributed by atoms with Gasteiger partial charge in [-0.3, -0.25) is 0 Å². The van der Waals surface area contributed by atoms with Gasteiger partial charge in [0, 0.05) is 27.1 Å². The molecule has 126 valence electrons. The third kappa shape index (κ3) is 3.81. The number of aromatic nitrogens is 1. The fourth-order valence-electron chi connectivity index (χ4n) is 2.44. The molecule has 0 saturated heterocycles. The molecule has 0 aliphatic rings. The highest BCUT2D eigenvalue weighted by molar-refractivity contribution is 9.10. The van der Waals surface area contributed by atoms with Gasteiger partial charge in [-0.15, -0.1) is 0 Å². The number of benzene rings is 2. The van der Waals surface area contributed by atoms with Gasteiger partial charge in [0.15, 0.2) is 9.84 Å². The van der Waals surface area contributed by atoms with E-state index in [0.717, 1.165) is 15.4 Å². The Bertz CT molecular complexity index is 1110. The number of nitrogens with one attached hydrogen (secondary N) is 1. The summed E-state index contributed by atoms with van der Waals surface area (Å²) in [6.45, 7) is 0. The Hall–Kier alpha value is -2.43. The predicted octanol–water partition coefficient (Wildman–Crippen LogP) is 4.55. The molecule has 2 aromatic carbocycles. The molecule has 0 spiro atoms. The van der Waals surface area contributed by atoms with Crippen LogP contribution in [0, 0.1) is 17.1 Å². The van der Waals surface area contributed by atoms with Gasteiger partial charge in [-0.05, 0) is 42.0 Å². The highest BCUT2D eigenvalue weighted by Crippen LogP contribution is 2.26. The summed E-state index contributed by atoms with van der Waals surface area (Å²) < 4.78 is 38.9. The summed E-state index contributed by atoms with van der Waals surface area (Å²) in [7, 11) is -3.84. The van der Waals surface area contributed by atoms with Crippen LogP contribution in [0.5, 0.6) is 0 Å². The normalized spacial score (nSPS) is 12.3. The van der Waals surface area contributed by atoms with Crippen LogP contribution in [0.1, 0.15) is 11.1 Å². The molecule has 0 bridgehead atoms. The molecule has 4 nitrogen and oxygen atoms in total. The molecule has 25 heavy (non-hydrogen) atoms. The zero-order valence-electron chi connectivity index (χ0n) is 12.8. The molecule has 3 rings (SSSR count). The largest absolute Gasteiger partial charge is 0.361 e. The zero-order chi connectivity index (χ0) is 18.0. The van der Waals surface area contributed by atoms with Crippen molar-refractivity contribution in [2.24, 2.45) is 0 Å². The van der Waals surface area contributed by atoms with E-state index in [1.54, 1.807) is 12.3 Å². The first-order valence-electron chi connectivity index (χ1n) is 7.25. The minimum absolute atomic E-state index is 0.335. The van der Waals surface area contributed by atoms with Crippen LogP contribution in [0.15, 0.2) is 58.0 Å². The second-order valence-corrected chi connectivity index (χ2v) is 8.31. The van der Waals surface area contributed by atoms with Crippen LogP contribution in [0.25, 0.3) is 17.0 Å². The Morgan fingerprint density at radius 2 is 1.96 bits per heavy atom. The lowest BCUT2D eigenvalue weighted by atomic mass is 10.1. The fourth-order valence-corrected chi connectivity index (χ4v) is 4.04. The summed E-state index contributed by atoms with van der Waals surface area (Å²) in [5.74, 6) is -0.805. The molecule has 0 saturated carbocycles. The highest BCUT2D eigenvalue weighted by Gasteiger charge is 2.19. The van der Waals surface area contributed by atoms with E-state index < -0.39 is 15.7 Å². The van der Waals surface area contributed by atoms with Gasteiger partial charge in [0.05, 0.1) is 5.75 Å². The topological polar surface area (TPSA) is 73.7 Å². The molecule has 0 aliphatic carbocycles. The van der Waals surface area contributed by atoms with E-state index in [9.17, 15) is 18.1 Å². The molecule has 1 heterocycles. The average molecular weight is 419 g/mol. The number of nitrogens with zero attached hydrogens (tertiary/aromatic N) is 1. The number of sulfone groups is 1. The van der Waals surface area contributed by atoms with Crippen molar-refractivity contribution in [3.63, 3.8) is 0 Å². The Morgan fingerprint density at radius 1 is 1.24 bits per heavy atom. The number of fused-ring (bicyclic) bond motifs is 1. The first-order valence-corrected chi connectivity index (χ1v) is 9.69. The van der Waals surface area contributed by atoms with Crippen molar-refractivity contribution in [2.75, 3.05) is 0 Å². The van der Waals surface area contributed by atoms with Crippen molar-refractivity contribution in [2.45, 2.75) is 5.75 Å². The molecule has 0 aliphatic heterocycles. The number of halogens is 2. The van der Waals surface area contributed by atoms with Crippen LogP contribution < -0.4 is 0 Å². The summed E-state index contributed by atoms with van der Waals surface area (Å²) in [4.78, 5) is 2.71. The Labute approximate surface area is 152 Å². The average Bonchev–Trinajstić information content (AvgIpc) is 2.96. The van der Waals surface area contributed by atoms with Gasteiger partial charge in [-0.1, -0.05) is 28.1 Å². The summed E-state index contributed by atoms with van der Waals surface area (Å²) in [6.07, 6.45) is 3.01. The first kappa shape index (κ1) is 17.4. The van der Waals surface area contributed by atoms with E-state index in [2.05, 4.69) is 20.9 Å². The number of hydrogen-bond acceptors (Lipinski definition) is 3. The second kappa shape index (κ2) is 6.82. The molecular formula is C18H12BrFN2O2S. The maximum Gasteiger partial charge on any atom is 0.192 e. The molecule has 0 atom stereocenters. The van der Waals surface area contributed by atoms with Gasteiger partial charge in [-0.25, -0.2) is 12.8 Å². The number of hydrogen-bond donors (Lipinski definition) is 1. The van der Waals surface area contributed by atoms with Gasteiger partial charge >= 0.3 is 0 Å². The third-order valence-electron chi connectivity index (χ3n) is 3.68. The Balaban J connectivity index is 2.00. The third-order valence-corrected chi connectivity index (χ3v) is 5.76. The van der Waals surface area contributed by atoms with Crippen molar-refractivity contribution >= 4 is 42.7 Å². The smallest absolute Gasteiger partial charge is 0.192 e. The number of allylic oxidation sites excluding steroid dienone is 1. The second-order valence-electron chi connectivity index (χ2n) is 5.44. The van der Waals surface area contributed by atoms with Gasteiger partial charge in [0.1, 0.15) is 16.8 Å². The lowest BCUT2D eigenvalue weighted by Crippen LogP contribution is -2.06. The maximum atomic E-state index is 13.0. The van der Waals surface area contributed by atoms with Gasteiger partial charge < -0.3 is 4.98 Å². The van der Waals surface area contributed by atoms with E-state index in [0.29, 0.717) is 11.1 Å². The number of rotatable bonds is 4. The van der Waals surface area contributed by atoms with Crippen LogP contribution in [-0.2, 0) is 15.6 Å². The van der Waals surface area contributed by atoms with E-state index in [1.807, 2.05) is 18.2 Å². The lowest BCUT2D eigenvalue weighted by Gasteiger charge is -2.03. The maximum absolute atomic E-state index is 13.0. The Kier molecular flexibility index (Phi) is 4.75. The molecule has 0 unspecified atom stereocenters. The van der Waals surface area contributed by atoms with Crippen molar-refractivity contribution < 1.29 is 12.8 Å². The number of aromatic amines is 1. The van der Waals surface area contributed by atoms with Crippen LogP contribution in [0.4, 0.5) is 4.39 Å². The Morgan fingerprint density at radius 3 is 2.64 bits per heavy atom. The standard InChI is InChI=1S/C18H12BrFN2O2S/c19-14-3-6-18-17(8-14)13(10-22-18)7-16(9-21)25(23,24)11-12-1-4-15(20)5-2-12/h1-8,10,22H,11H2/b16-7+. The SMILES string of the molecule is N#C/C(=C\c1c[nH]c2ccc(Br)cc12)S(=O)(=O)Cc1ccc(F)cc1. The van der Waals surface area contributed by atoms with Crippen molar-refractivity contribution in [3.05, 3.63) is 75.0 Å². The first-order chi connectivity index (χ1) is 11.9. The monoisotopic (exact) mass is 418 g/mol. The predicted molar refractivity (Wildman–Crippen MR) is 98.6 cm³/mol. The summed E-state index contributed by atoms with van der Waals surface area (Å²) >= 11 is 3.38. The van der Waals surface area contributed by atoms with Gasteiger partial charge in [-0.2, -0.15) is 5.26 Å². The van der Waals surface area contributed by atoms with Crippen molar-refractivity contribution in [1.29, 1.82) is 5.26 Å². The molecule has 0 fully saturated rings. The lowest BCUT2D eigenvalue weighted by molar-refractivity contribution is 0.602. The van der Waals surface area contributed by atoms with Crippen molar-refractivity contribution in [1.82, 2.24) is 4.98 Å². The number of nitriles is 1. The van der Waals surface area contributed by atoms with E-state index in [4.69, 9.17) is 0 Å². The number of H-pyrrole nitrogens is 1. The minimum atomic E-state index is -3.84. The highest BCUT2D eigenvalue weighted by atomic mass is 79.9. The molecule has 0 amide bonds. The summed E-state index contributed by atoms with van der Waals surface area (Å²) in [5.41, 5.74) is 1.86. The molecular weight excluding hydrogens is 407 g/mol. The van der Waals surface area contributed by atoms with Crippen molar-refractivity contribution in [3.8, 4) is 6.07 Å². The van der Waals surface area contributed by atoms with Gasteiger partial charge in [0.2, 0.25) is 0 Å². The minimum Gasteiger partial charge on any atom is -0.361 e. The summed E-state index contributed by atoms with van der Waals surface area (Å²) in [5, 5.41) is 10.1. The van der Waals surface area contributed by atoms with Gasteiger partial charge in [0.25, 0.3) is 0 Å². The fraction of sp³-hybridized carbons (Fsp3) is 0.0556. The van der Waals surface area contributed by atoms with Crippen LogP contribution in [-0.4, -0.2) is 13.4 Å². The quantitative estimate of drug-likeness (QED) is 0.631. The molecule has 1 aromatic heterocycles. The summed E-state index contributed by atoms with van der Waals surface area (Å²) in [6, 6.07) is 12.5. The van der Waals surface area contributed by atoms with E-state index in [1.165, 1.54) is 30.3 Å².